The van der Waals surface area contributed by atoms with Crippen LogP contribution in [0, 0.1) is 0 Å². The second kappa shape index (κ2) is 5.03. The molecular weight excluding hydrogens is 322 g/mol. The maximum absolute atomic E-state index is 11.4. The smallest absolute Gasteiger partial charge is 0.290 e. The van der Waals surface area contributed by atoms with Crippen molar-refractivity contribution in [2.45, 2.75) is 0 Å². The van der Waals surface area contributed by atoms with E-state index in [0.717, 1.165) is 11.8 Å². The number of rotatable bonds is 2. The summed E-state index contributed by atoms with van der Waals surface area (Å²) in [6.45, 7) is 0. The van der Waals surface area contributed by atoms with Gasteiger partial charge in [0.1, 0.15) is 0 Å². The number of phenols is 1. The topological polar surface area (TPSA) is 75.6 Å². The fraction of sp³-hybridized carbons (Fsp3) is 0.0909. The largest absolute Gasteiger partial charge is 0.503 e. The van der Waals surface area contributed by atoms with E-state index in [9.17, 15) is 14.7 Å². The Hall–Kier alpha value is -1.47. The van der Waals surface area contributed by atoms with Gasteiger partial charge in [0.05, 0.1) is 16.5 Å². The Morgan fingerprint density at radius 1 is 1.44 bits per heavy atom. The number of amides is 2. The van der Waals surface area contributed by atoms with Gasteiger partial charge in [0.2, 0.25) is 0 Å². The molecule has 2 rings (SSSR count). The maximum atomic E-state index is 11.4. The number of hydrogen-bond donors (Lipinski definition) is 2. The van der Waals surface area contributed by atoms with E-state index in [1.165, 1.54) is 7.11 Å². The number of ether oxygens (including phenoxy) is 1. The SMILES string of the molecule is COc1cc(/C=C2\SC(=O)NC2=O)cc(Br)c1O. The number of nitrogens with one attached hydrogen (secondary N) is 1. The van der Waals surface area contributed by atoms with Crippen molar-refractivity contribution < 1.29 is 19.4 Å². The molecule has 0 atom stereocenters. The first-order valence-corrected chi connectivity index (χ1v) is 6.43. The highest BCUT2D eigenvalue weighted by Crippen LogP contribution is 2.36. The predicted molar refractivity (Wildman–Crippen MR) is 71.5 cm³/mol. The lowest BCUT2D eigenvalue weighted by Crippen LogP contribution is -2.17. The van der Waals surface area contributed by atoms with E-state index in [4.69, 9.17) is 4.74 Å². The Labute approximate surface area is 115 Å². The first-order valence-electron chi connectivity index (χ1n) is 4.82. The highest BCUT2D eigenvalue weighted by Gasteiger charge is 2.25. The van der Waals surface area contributed by atoms with E-state index in [0.29, 0.717) is 14.9 Å². The minimum atomic E-state index is -0.423. The molecule has 5 nitrogen and oxygen atoms in total. The third-order valence-corrected chi connectivity index (χ3v) is 3.63. The molecule has 7 heteroatoms. The van der Waals surface area contributed by atoms with Gasteiger partial charge in [-0.3, -0.25) is 14.9 Å². The number of carbonyl (C=O) groups excluding carboxylic acids is 2. The van der Waals surface area contributed by atoms with E-state index < -0.39 is 11.1 Å². The third kappa shape index (κ3) is 2.51. The van der Waals surface area contributed by atoms with E-state index in [1.54, 1.807) is 18.2 Å². The Balaban J connectivity index is 2.41. The van der Waals surface area contributed by atoms with E-state index in [1.807, 2.05) is 0 Å². The van der Waals surface area contributed by atoms with Gasteiger partial charge in [-0.2, -0.15) is 0 Å². The van der Waals surface area contributed by atoms with Crippen LogP contribution in [0.15, 0.2) is 21.5 Å². The fourth-order valence-corrected chi connectivity index (χ4v) is 2.55. The van der Waals surface area contributed by atoms with Gasteiger partial charge in [0.25, 0.3) is 11.1 Å². The van der Waals surface area contributed by atoms with Crippen LogP contribution >= 0.6 is 27.7 Å². The minimum absolute atomic E-state index is 0.0146. The Morgan fingerprint density at radius 3 is 2.72 bits per heavy atom. The lowest BCUT2D eigenvalue weighted by molar-refractivity contribution is -0.115. The van der Waals surface area contributed by atoms with Crippen LogP contribution in [0.25, 0.3) is 6.08 Å². The number of hydrogen-bond acceptors (Lipinski definition) is 5. The van der Waals surface area contributed by atoms with Gasteiger partial charge in [0.15, 0.2) is 11.5 Å². The monoisotopic (exact) mass is 329 g/mol. The first kappa shape index (κ1) is 13.0. The molecule has 0 saturated carbocycles. The lowest BCUT2D eigenvalue weighted by atomic mass is 10.2. The Bertz CT molecular complexity index is 570. The van der Waals surface area contributed by atoms with Crippen LogP contribution in [0.2, 0.25) is 0 Å². The fourth-order valence-electron chi connectivity index (χ4n) is 1.41. The summed E-state index contributed by atoms with van der Waals surface area (Å²) in [4.78, 5) is 22.7. The molecule has 1 fully saturated rings. The molecule has 1 aromatic carbocycles. The van der Waals surface area contributed by atoms with Crippen molar-refractivity contribution in [1.82, 2.24) is 5.32 Å². The van der Waals surface area contributed by atoms with Gasteiger partial charge in [-0.25, -0.2) is 0 Å². The molecule has 1 heterocycles. The molecule has 0 aliphatic carbocycles. The van der Waals surface area contributed by atoms with Crippen LogP contribution < -0.4 is 10.1 Å². The number of phenolic OH excluding ortho intramolecular Hbond substituents is 1. The zero-order chi connectivity index (χ0) is 13.3. The van der Waals surface area contributed by atoms with E-state index in [2.05, 4.69) is 21.2 Å². The second-order valence-corrected chi connectivity index (χ2v) is 5.27. The minimum Gasteiger partial charge on any atom is -0.503 e. The van der Waals surface area contributed by atoms with Crippen molar-refractivity contribution in [3.63, 3.8) is 0 Å². The summed E-state index contributed by atoms with van der Waals surface area (Å²) >= 11 is 4.02. The number of methoxy groups -OCH3 is 1. The maximum Gasteiger partial charge on any atom is 0.290 e. The number of halogens is 1. The van der Waals surface area contributed by atoms with Gasteiger partial charge in [0, 0.05) is 0 Å². The molecule has 0 unspecified atom stereocenters. The summed E-state index contributed by atoms with van der Waals surface area (Å²) in [5.41, 5.74) is 0.642. The van der Waals surface area contributed by atoms with Gasteiger partial charge < -0.3 is 9.84 Å². The summed E-state index contributed by atoms with van der Waals surface area (Å²) in [5.74, 6) is -0.154. The second-order valence-electron chi connectivity index (χ2n) is 3.41. The summed E-state index contributed by atoms with van der Waals surface area (Å²) in [6.07, 6.45) is 1.55. The number of thioether (sulfide) groups is 1. The van der Waals surface area contributed by atoms with Crippen molar-refractivity contribution in [2.75, 3.05) is 7.11 Å². The first-order chi connectivity index (χ1) is 8.51. The molecule has 94 valence electrons. The van der Waals surface area contributed by atoms with E-state index in [-0.39, 0.29) is 11.5 Å². The van der Waals surface area contributed by atoms with Gasteiger partial charge in [-0.15, -0.1) is 0 Å². The average Bonchev–Trinajstić information content (AvgIpc) is 2.62. The highest BCUT2D eigenvalue weighted by molar-refractivity contribution is 9.10. The molecule has 1 aromatic rings. The molecule has 0 radical (unpaired) electrons. The normalized spacial score (nSPS) is 17.1. The molecule has 1 saturated heterocycles. The molecule has 0 bridgehead atoms. The standard InChI is InChI=1S/C11H8BrNO4S/c1-17-7-3-5(2-6(12)9(7)14)4-8-10(15)13-11(16)18-8/h2-4,14H,1H3,(H,13,15,16)/b8-4-. The average molecular weight is 330 g/mol. The zero-order valence-electron chi connectivity index (χ0n) is 9.19. The molecule has 1 aliphatic heterocycles. The Morgan fingerprint density at radius 2 is 2.17 bits per heavy atom. The summed E-state index contributed by atoms with van der Waals surface area (Å²) < 4.78 is 5.44. The number of benzene rings is 1. The van der Waals surface area contributed by atoms with Crippen LogP contribution in [0.5, 0.6) is 11.5 Å². The molecule has 2 amide bonds. The number of carbonyl (C=O) groups is 2. The molecule has 18 heavy (non-hydrogen) atoms. The van der Waals surface area contributed by atoms with Crippen molar-refractivity contribution in [3.05, 3.63) is 27.1 Å². The highest BCUT2D eigenvalue weighted by atomic mass is 79.9. The molecule has 1 aliphatic rings. The lowest BCUT2D eigenvalue weighted by Gasteiger charge is -2.06. The molecular formula is C11H8BrNO4S. The van der Waals surface area contributed by atoms with Gasteiger partial charge in [-0.1, -0.05) is 0 Å². The van der Waals surface area contributed by atoms with Crippen molar-refractivity contribution in [1.29, 1.82) is 0 Å². The predicted octanol–water partition coefficient (Wildman–Crippen LogP) is 2.49. The summed E-state index contributed by atoms with van der Waals surface area (Å²) in [6, 6.07) is 3.20. The van der Waals surface area contributed by atoms with Crippen LogP contribution in [-0.2, 0) is 4.79 Å². The van der Waals surface area contributed by atoms with Gasteiger partial charge in [-0.05, 0) is 51.5 Å². The van der Waals surface area contributed by atoms with Crippen molar-refractivity contribution in [2.24, 2.45) is 0 Å². The molecule has 0 spiro atoms. The molecule has 0 aromatic heterocycles. The van der Waals surface area contributed by atoms with E-state index >= 15 is 0 Å². The Kier molecular flexibility index (Phi) is 3.63. The van der Waals surface area contributed by atoms with Crippen LogP contribution in [0.4, 0.5) is 4.79 Å². The summed E-state index contributed by atoms with van der Waals surface area (Å²) in [5, 5.41) is 11.4. The molecule has 2 N–H and O–H groups in total. The number of aromatic hydroxyl groups is 1. The number of imide groups is 1. The van der Waals surface area contributed by atoms with Crippen molar-refractivity contribution >= 4 is 44.9 Å². The van der Waals surface area contributed by atoms with Crippen LogP contribution in [0.1, 0.15) is 5.56 Å². The van der Waals surface area contributed by atoms with Crippen LogP contribution in [-0.4, -0.2) is 23.4 Å². The van der Waals surface area contributed by atoms with Gasteiger partial charge >= 0.3 is 0 Å². The zero-order valence-corrected chi connectivity index (χ0v) is 11.6. The summed E-state index contributed by atoms with van der Waals surface area (Å²) in [7, 11) is 1.43. The van der Waals surface area contributed by atoms with Crippen LogP contribution in [0.3, 0.4) is 0 Å². The van der Waals surface area contributed by atoms with Crippen molar-refractivity contribution in [3.8, 4) is 11.5 Å². The third-order valence-electron chi connectivity index (χ3n) is 2.21. The quantitative estimate of drug-likeness (QED) is 0.815.